The maximum Gasteiger partial charge on any atom is 0.255 e. The first-order valence-electron chi connectivity index (χ1n) is 8.38. The summed E-state index contributed by atoms with van der Waals surface area (Å²) in [6.07, 6.45) is 4.33. The van der Waals surface area contributed by atoms with E-state index in [1.165, 1.54) is 5.56 Å². The zero-order valence-corrected chi connectivity index (χ0v) is 13.8. The first-order chi connectivity index (χ1) is 11.6. The van der Waals surface area contributed by atoms with Crippen LogP contribution in [0.4, 0.5) is 5.69 Å². The van der Waals surface area contributed by atoms with Crippen LogP contribution in [0.3, 0.4) is 0 Å². The van der Waals surface area contributed by atoms with Gasteiger partial charge in [0.25, 0.3) is 5.91 Å². The number of ether oxygens (including phenoxy) is 1. The van der Waals surface area contributed by atoms with Crippen LogP contribution in [0.2, 0.25) is 0 Å². The van der Waals surface area contributed by atoms with Gasteiger partial charge >= 0.3 is 0 Å². The van der Waals surface area contributed by atoms with Gasteiger partial charge in [0, 0.05) is 24.8 Å². The lowest BCUT2D eigenvalue weighted by molar-refractivity contribution is -0.122. The molecule has 3 fully saturated rings. The SMILES string of the molecule is COCC1(c2ccc(N3C(=O)[C@@H]4[CH]CCN4C3C(N)=O)cc2)CC1. The monoisotopic (exact) mass is 328 g/mol. The van der Waals surface area contributed by atoms with Crippen LogP contribution in [0.15, 0.2) is 24.3 Å². The normalized spacial score (nSPS) is 28.2. The second-order valence-electron chi connectivity index (χ2n) is 6.95. The van der Waals surface area contributed by atoms with Crippen LogP contribution in [0.25, 0.3) is 0 Å². The Hall–Kier alpha value is -1.92. The predicted octanol–water partition coefficient (Wildman–Crippen LogP) is 0.801. The topological polar surface area (TPSA) is 75.9 Å². The highest BCUT2D eigenvalue weighted by molar-refractivity contribution is 6.06. The van der Waals surface area contributed by atoms with Crippen LogP contribution in [-0.2, 0) is 19.7 Å². The molecule has 0 aromatic heterocycles. The van der Waals surface area contributed by atoms with Gasteiger partial charge in [-0.2, -0.15) is 0 Å². The smallest absolute Gasteiger partial charge is 0.255 e. The van der Waals surface area contributed by atoms with Crippen LogP contribution in [0, 0.1) is 6.42 Å². The molecule has 1 aromatic carbocycles. The zero-order chi connectivity index (χ0) is 16.9. The molecule has 3 aliphatic rings. The number of rotatable bonds is 5. The van der Waals surface area contributed by atoms with E-state index in [0.717, 1.165) is 24.9 Å². The van der Waals surface area contributed by atoms with Crippen molar-refractivity contribution >= 4 is 17.5 Å². The molecule has 4 rings (SSSR count). The molecule has 2 aliphatic heterocycles. The van der Waals surface area contributed by atoms with E-state index in [2.05, 4.69) is 0 Å². The van der Waals surface area contributed by atoms with E-state index in [1.807, 2.05) is 35.6 Å². The summed E-state index contributed by atoms with van der Waals surface area (Å²) >= 11 is 0. The molecule has 2 heterocycles. The van der Waals surface area contributed by atoms with Crippen molar-refractivity contribution in [3.63, 3.8) is 0 Å². The molecule has 1 aromatic rings. The molecule has 1 aliphatic carbocycles. The summed E-state index contributed by atoms with van der Waals surface area (Å²) in [6.45, 7) is 1.40. The van der Waals surface area contributed by atoms with Gasteiger partial charge in [0.1, 0.15) is 0 Å². The Morgan fingerprint density at radius 2 is 2.04 bits per heavy atom. The van der Waals surface area contributed by atoms with Crippen molar-refractivity contribution < 1.29 is 14.3 Å². The first kappa shape index (κ1) is 15.6. The number of primary amides is 1. The van der Waals surface area contributed by atoms with Gasteiger partial charge in [-0.05, 0) is 43.4 Å². The van der Waals surface area contributed by atoms with E-state index in [1.54, 1.807) is 12.0 Å². The number of methoxy groups -OCH3 is 1. The summed E-state index contributed by atoms with van der Waals surface area (Å²) in [7, 11) is 1.72. The largest absolute Gasteiger partial charge is 0.384 e. The van der Waals surface area contributed by atoms with Gasteiger partial charge in [-0.15, -0.1) is 0 Å². The molecule has 24 heavy (non-hydrogen) atoms. The molecule has 6 heteroatoms. The Bertz CT molecular complexity index is 669. The van der Waals surface area contributed by atoms with Crippen molar-refractivity contribution in [1.82, 2.24) is 4.90 Å². The second-order valence-corrected chi connectivity index (χ2v) is 6.95. The summed E-state index contributed by atoms with van der Waals surface area (Å²) in [4.78, 5) is 28.1. The third kappa shape index (κ3) is 2.24. The average molecular weight is 328 g/mol. The lowest BCUT2D eigenvalue weighted by atomic mass is 9.96. The van der Waals surface area contributed by atoms with Gasteiger partial charge < -0.3 is 10.5 Å². The molecule has 0 spiro atoms. The van der Waals surface area contributed by atoms with Crippen LogP contribution >= 0.6 is 0 Å². The van der Waals surface area contributed by atoms with Crippen molar-refractivity contribution in [2.24, 2.45) is 5.73 Å². The Balaban J connectivity index is 1.63. The molecule has 1 saturated carbocycles. The highest BCUT2D eigenvalue weighted by atomic mass is 16.5. The van der Waals surface area contributed by atoms with Crippen molar-refractivity contribution in [3.8, 4) is 0 Å². The Morgan fingerprint density at radius 3 is 2.62 bits per heavy atom. The standard InChI is InChI=1S/C18H22N3O3/c1-24-11-18(8-9-18)12-4-6-13(7-5-12)21-16(15(19)22)20-10-2-3-14(20)17(21)23/h3-7,14,16H,2,8-11H2,1H3,(H2,19,22)/t14-,16?/m0/s1. The van der Waals surface area contributed by atoms with Gasteiger partial charge in [0.2, 0.25) is 5.91 Å². The van der Waals surface area contributed by atoms with Crippen molar-refractivity contribution in [2.45, 2.75) is 36.9 Å². The van der Waals surface area contributed by atoms with Crippen LogP contribution in [0.5, 0.6) is 0 Å². The number of amides is 2. The maximum absolute atomic E-state index is 12.7. The molecule has 2 atom stereocenters. The summed E-state index contributed by atoms with van der Waals surface area (Å²) in [5.74, 6) is -0.551. The molecule has 6 nitrogen and oxygen atoms in total. The number of nitrogens with zero attached hydrogens (tertiary/aromatic N) is 2. The van der Waals surface area contributed by atoms with Crippen molar-refractivity contribution in [3.05, 3.63) is 36.2 Å². The fraction of sp³-hybridized carbons (Fsp3) is 0.500. The number of anilines is 1. The minimum atomic E-state index is -0.694. The third-order valence-electron chi connectivity index (χ3n) is 5.47. The van der Waals surface area contributed by atoms with Gasteiger partial charge in [0.15, 0.2) is 6.17 Å². The number of benzene rings is 1. The summed E-state index contributed by atoms with van der Waals surface area (Å²) in [6, 6.07) is 7.59. The number of fused-ring (bicyclic) bond motifs is 1. The molecule has 2 amide bonds. The van der Waals surface area contributed by atoms with Crippen molar-refractivity contribution in [2.75, 3.05) is 25.2 Å². The second kappa shape index (κ2) is 5.57. The summed E-state index contributed by atoms with van der Waals surface area (Å²) < 4.78 is 5.33. The van der Waals surface area contributed by atoms with E-state index in [9.17, 15) is 9.59 Å². The molecule has 0 bridgehead atoms. The summed E-state index contributed by atoms with van der Waals surface area (Å²) in [5, 5.41) is 0. The average Bonchev–Trinajstić information content (AvgIpc) is 3.09. The lowest BCUT2D eigenvalue weighted by Gasteiger charge is -2.27. The predicted molar refractivity (Wildman–Crippen MR) is 89.1 cm³/mol. The number of carbonyl (C=O) groups is 2. The van der Waals surface area contributed by atoms with Gasteiger partial charge in [-0.3, -0.25) is 19.4 Å². The quantitative estimate of drug-likeness (QED) is 0.867. The molecular weight excluding hydrogens is 306 g/mol. The molecule has 127 valence electrons. The highest BCUT2D eigenvalue weighted by Gasteiger charge is 2.51. The lowest BCUT2D eigenvalue weighted by Crippen LogP contribution is -2.49. The van der Waals surface area contributed by atoms with E-state index in [0.29, 0.717) is 13.2 Å². The maximum atomic E-state index is 12.7. The Labute approximate surface area is 141 Å². The van der Waals surface area contributed by atoms with Gasteiger partial charge in [-0.1, -0.05) is 12.1 Å². The number of hydrogen-bond donors (Lipinski definition) is 1. The van der Waals surface area contributed by atoms with Crippen LogP contribution in [0.1, 0.15) is 24.8 Å². The summed E-state index contributed by atoms with van der Waals surface area (Å²) in [5.41, 5.74) is 7.66. The Kier molecular flexibility index (Phi) is 3.62. The van der Waals surface area contributed by atoms with Crippen LogP contribution in [-0.4, -0.2) is 49.2 Å². The fourth-order valence-electron chi connectivity index (χ4n) is 4.06. The molecule has 2 N–H and O–H groups in total. The fourth-order valence-corrected chi connectivity index (χ4v) is 4.06. The third-order valence-corrected chi connectivity index (χ3v) is 5.47. The van der Waals surface area contributed by atoms with Crippen LogP contribution < -0.4 is 10.6 Å². The van der Waals surface area contributed by atoms with Gasteiger partial charge in [-0.25, -0.2) is 0 Å². The zero-order valence-electron chi connectivity index (χ0n) is 13.8. The molecule has 1 unspecified atom stereocenters. The molecule has 1 radical (unpaired) electrons. The van der Waals surface area contributed by atoms with E-state index < -0.39 is 12.1 Å². The van der Waals surface area contributed by atoms with Crippen molar-refractivity contribution in [1.29, 1.82) is 0 Å². The van der Waals surface area contributed by atoms with E-state index >= 15 is 0 Å². The molecular formula is C18H22N3O3. The first-order valence-corrected chi connectivity index (χ1v) is 8.38. The molecule has 2 saturated heterocycles. The number of nitrogens with two attached hydrogens (primary N) is 1. The minimum Gasteiger partial charge on any atom is -0.384 e. The highest BCUT2D eigenvalue weighted by Crippen LogP contribution is 2.48. The van der Waals surface area contributed by atoms with Gasteiger partial charge in [0.05, 0.1) is 12.6 Å². The Morgan fingerprint density at radius 1 is 1.33 bits per heavy atom. The van der Waals surface area contributed by atoms with E-state index in [4.69, 9.17) is 10.5 Å². The number of carbonyl (C=O) groups excluding carboxylic acids is 2. The minimum absolute atomic E-state index is 0.0675. The number of hydrogen-bond acceptors (Lipinski definition) is 4. The van der Waals surface area contributed by atoms with E-state index in [-0.39, 0.29) is 17.4 Å².